The Bertz CT molecular complexity index is 733. The highest BCUT2D eigenvalue weighted by molar-refractivity contribution is 5.85. The fourth-order valence-corrected chi connectivity index (χ4v) is 2.63. The molecule has 0 aromatic heterocycles. The maximum absolute atomic E-state index is 12.1. The monoisotopic (exact) mass is 340 g/mol. The van der Waals surface area contributed by atoms with Gasteiger partial charge < -0.3 is 20.1 Å². The summed E-state index contributed by atoms with van der Waals surface area (Å²) in [7, 11) is 0. The van der Waals surface area contributed by atoms with Gasteiger partial charge in [-0.3, -0.25) is 9.59 Å². The molecule has 2 aromatic rings. The molecule has 2 N–H and O–H groups in total. The number of hydrogen-bond acceptors (Lipinski definition) is 4. The average molecular weight is 340 g/mol. The quantitative estimate of drug-likeness (QED) is 0.841. The first-order valence-corrected chi connectivity index (χ1v) is 8.18. The lowest BCUT2D eigenvalue weighted by atomic mass is 10.0. The summed E-state index contributed by atoms with van der Waals surface area (Å²) in [4.78, 5) is 23.9. The third-order valence-electron chi connectivity index (χ3n) is 3.85. The zero-order valence-corrected chi connectivity index (χ0v) is 13.7. The summed E-state index contributed by atoms with van der Waals surface area (Å²) < 4.78 is 10.9. The van der Waals surface area contributed by atoms with Gasteiger partial charge in [0.1, 0.15) is 11.5 Å². The van der Waals surface area contributed by atoms with Gasteiger partial charge in [-0.05, 0) is 18.2 Å². The molecule has 0 saturated carbocycles. The molecule has 2 amide bonds. The van der Waals surface area contributed by atoms with Gasteiger partial charge in [0.15, 0.2) is 6.61 Å². The van der Waals surface area contributed by atoms with E-state index in [0.29, 0.717) is 18.8 Å². The van der Waals surface area contributed by atoms with Crippen molar-refractivity contribution in [1.82, 2.24) is 10.6 Å². The van der Waals surface area contributed by atoms with Crippen molar-refractivity contribution in [2.45, 2.75) is 12.5 Å². The first-order chi connectivity index (χ1) is 12.2. The molecule has 1 heterocycles. The molecule has 0 spiro atoms. The van der Waals surface area contributed by atoms with Crippen molar-refractivity contribution in [2.24, 2.45) is 0 Å². The van der Waals surface area contributed by atoms with E-state index < -0.39 is 0 Å². The molecule has 0 aliphatic carbocycles. The topological polar surface area (TPSA) is 76.7 Å². The van der Waals surface area contributed by atoms with Crippen LogP contribution in [0, 0.1) is 0 Å². The third-order valence-corrected chi connectivity index (χ3v) is 3.85. The predicted octanol–water partition coefficient (Wildman–Crippen LogP) is 1.82. The molecule has 2 aromatic carbocycles. The summed E-state index contributed by atoms with van der Waals surface area (Å²) in [6.07, 6.45) is 0.702. The van der Waals surface area contributed by atoms with Crippen LogP contribution in [-0.4, -0.2) is 31.6 Å². The second-order valence-corrected chi connectivity index (χ2v) is 5.67. The van der Waals surface area contributed by atoms with E-state index in [4.69, 9.17) is 9.47 Å². The molecule has 130 valence electrons. The first kappa shape index (κ1) is 16.8. The molecule has 0 bridgehead atoms. The Hall–Kier alpha value is -3.02. The normalized spacial score (nSPS) is 15.4. The molecule has 6 heteroatoms. The molecular weight excluding hydrogens is 320 g/mol. The minimum Gasteiger partial charge on any atom is -0.493 e. The number of rotatable bonds is 6. The van der Waals surface area contributed by atoms with E-state index in [2.05, 4.69) is 10.6 Å². The molecule has 3 rings (SSSR count). The smallest absolute Gasteiger partial charge is 0.258 e. The number of para-hydroxylation sites is 2. The average Bonchev–Trinajstić information content (AvgIpc) is 2.66. The van der Waals surface area contributed by atoms with Crippen molar-refractivity contribution in [1.29, 1.82) is 0 Å². The number of amides is 2. The zero-order valence-electron chi connectivity index (χ0n) is 13.7. The van der Waals surface area contributed by atoms with Gasteiger partial charge in [-0.25, -0.2) is 0 Å². The summed E-state index contributed by atoms with van der Waals surface area (Å²) in [6, 6.07) is 16.6. The fraction of sp³-hybridized carbons (Fsp3) is 0.263. The molecule has 1 aliphatic heterocycles. The van der Waals surface area contributed by atoms with Crippen LogP contribution in [0.5, 0.6) is 11.5 Å². The minimum absolute atomic E-state index is 0.0868. The van der Waals surface area contributed by atoms with Gasteiger partial charge in [0.2, 0.25) is 5.91 Å². The van der Waals surface area contributed by atoms with Gasteiger partial charge in [-0.2, -0.15) is 0 Å². The van der Waals surface area contributed by atoms with Crippen LogP contribution >= 0.6 is 0 Å². The number of benzene rings is 2. The van der Waals surface area contributed by atoms with Gasteiger partial charge in [0.25, 0.3) is 5.91 Å². The van der Waals surface area contributed by atoms with Crippen molar-refractivity contribution in [3.8, 4) is 11.5 Å². The molecule has 25 heavy (non-hydrogen) atoms. The van der Waals surface area contributed by atoms with Crippen molar-refractivity contribution in [3.63, 3.8) is 0 Å². The third kappa shape index (κ3) is 4.73. The summed E-state index contributed by atoms with van der Waals surface area (Å²) in [6.45, 7) is 0.340. The lowest BCUT2D eigenvalue weighted by Crippen LogP contribution is -2.41. The standard InChI is InChI=1S/C19H20N2O4/c22-18(12-20-19(23)13-25-14-6-2-1-3-7-14)21-16-10-11-24-17-9-5-4-8-15(16)17/h1-9,16H,10-13H2,(H,20,23)(H,21,22)/t16-/m1/s1. The fourth-order valence-electron chi connectivity index (χ4n) is 2.63. The molecule has 1 atom stereocenters. The lowest BCUT2D eigenvalue weighted by Gasteiger charge is -2.26. The summed E-state index contributed by atoms with van der Waals surface area (Å²) in [5.41, 5.74) is 0.959. The van der Waals surface area contributed by atoms with E-state index >= 15 is 0 Å². The Morgan fingerprint density at radius 1 is 1.04 bits per heavy atom. The molecule has 0 fully saturated rings. The number of ether oxygens (including phenoxy) is 2. The number of hydrogen-bond donors (Lipinski definition) is 2. The van der Waals surface area contributed by atoms with Crippen molar-refractivity contribution >= 4 is 11.8 Å². The van der Waals surface area contributed by atoms with Crippen molar-refractivity contribution in [2.75, 3.05) is 19.8 Å². The Balaban J connectivity index is 1.43. The summed E-state index contributed by atoms with van der Waals surface area (Å²) in [5.74, 6) is 0.821. The van der Waals surface area contributed by atoms with E-state index in [1.807, 2.05) is 42.5 Å². The Kier molecular flexibility index (Phi) is 5.51. The number of carbonyl (C=O) groups excluding carboxylic acids is 2. The molecule has 0 unspecified atom stereocenters. The van der Waals surface area contributed by atoms with E-state index in [1.165, 1.54) is 0 Å². The first-order valence-electron chi connectivity index (χ1n) is 8.18. The van der Waals surface area contributed by atoms with Gasteiger partial charge in [0.05, 0.1) is 19.2 Å². The van der Waals surface area contributed by atoms with Crippen LogP contribution in [0.3, 0.4) is 0 Å². The van der Waals surface area contributed by atoms with Gasteiger partial charge in [-0.15, -0.1) is 0 Å². The number of nitrogens with one attached hydrogen (secondary N) is 2. The summed E-state index contributed by atoms with van der Waals surface area (Å²) in [5, 5.41) is 5.49. The maximum atomic E-state index is 12.1. The summed E-state index contributed by atoms with van der Waals surface area (Å²) >= 11 is 0. The van der Waals surface area contributed by atoms with E-state index in [9.17, 15) is 9.59 Å². The molecule has 0 radical (unpaired) electrons. The second kappa shape index (κ2) is 8.19. The molecule has 0 saturated heterocycles. The van der Waals surface area contributed by atoms with Crippen molar-refractivity contribution in [3.05, 3.63) is 60.2 Å². The van der Waals surface area contributed by atoms with E-state index in [0.717, 1.165) is 11.3 Å². The highest BCUT2D eigenvalue weighted by Crippen LogP contribution is 2.31. The highest BCUT2D eigenvalue weighted by atomic mass is 16.5. The number of fused-ring (bicyclic) bond motifs is 1. The molecule has 6 nitrogen and oxygen atoms in total. The second-order valence-electron chi connectivity index (χ2n) is 5.67. The van der Waals surface area contributed by atoms with Crippen LogP contribution < -0.4 is 20.1 Å². The molecule has 1 aliphatic rings. The van der Waals surface area contributed by atoms with Crippen LogP contribution in [-0.2, 0) is 9.59 Å². The maximum Gasteiger partial charge on any atom is 0.258 e. The van der Waals surface area contributed by atoms with Crippen LogP contribution in [0.25, 0.3) is 0 Å². The van der Waals surface area contributed by atoms with Crippen LogP contribution in [0.2, 0.25) is 0 Å². The van der Waals surface area contributed by atoms with Gasteiger partial charge >= 0.3 is 0 Å². The molecular formula is C19H20N2O4. The van der Waals surface area contributed by atoms with Crippen molar-refractivity contribution < 1.29 is 19.1 Å². The van der Waals surface area contributed by atoms with Crippen LogP contribution in [0.1, 0.15) is 18.0 Å². The van der Waals surface area contributed by atoms with E-state index in [1.54, 1.807) is 12.1 Å². The number of carbonyl (C=O) groups is 2. The van der Waals surface area contributed by atoms with Crippen LogP contribution in [0.15, 0.2) is 54.6 Å². The predicted molar refractivity (Wildman–Crippen MR) is 92.4 cm³/mol. The Morgan fingerprint density at radius 3 is 2.64 bits per heavy atom. The lowest BCUT2D eigenvalue weighted by molar-refractivity contribution is -0.127. The van der Waals surface area contributed by atoms with Crippen LogP contribution in [0.4, 0.5) is 0 Å². The largest absolute Gasteiger partial charge is 0.493 e. The highest BCUT2D eigenvalue weighted by Gasteiger charge is 2.22. The van der Waals surface area contributed by atoms with E-state index in [-0.39, 0.29) is 31.0 Å². The van der Waals surface area contributed by atoms with Gasteiger partial charge in [-0.1, -0.05) is 36.4 Å². The zero-order chi connectivity index (χ0) is 17.5. The Morgan fingerprint density at radius 2 is 1.80 bits per heavy atom. The Labute approximate surface area is 146 Å². The van der Waals surface area contributed by atoms with Gasteiger partial charge in [0, 0.05) is 12.0 Å². The SMILES string of the molecule is O=C(COc1ccccc1)NCC(=O)N[C@@H]1CCOc2ccccc21. The minimum atomic E-state index is -0.341.